The molecule has 0 saturated carbocycles. The van der Waals surface area contributed by atoms with E-state index in [0.717, 1.165) is 5.56 Å². The zero-order valence-electron chi connectivity index (χ0n) is 12.3. The predicted octanol–water partition coefficient (Wildman–Crippen LogP) is 0.979. The molecule has 0 aliphatic heterocycles. The van der Waals surface area contributed by atoms with Crippen LogP contribution in [0.5, 0.6) is 0 Å². The van der Waals surface area contributed by atoms with Crippen molar-refractivity contribution in [1.29, 1.82) is 0 Å². The number of aliphatic hydroxyl groups is 1. The molecule has 0 heterocycles. The van der Waals surface area contributed by atoms with E-state index in [9.17, 15) is 9.90 Å². The Bertz CT molecular complexity index is 420. The van der Waals surface area contributed by atoms with Crippen molar-refractivity contribution in [3.63, 3.8) is 0 Å². The lowest BCUT2D eigenvalue weighted by atomic mass is 10.1. The van der Waals surface area contributed by atoms with Crippen LogP contribution in [0.15, 0.2) is 30.3 Å². The summed E-state index contributed by atoms with van der Waals surface area (Å²) in [5.41, 5.74) is 5.46. The average molecular weight is 280 g/mol. The molecular weight excluding hydrogens is 256 g/mol. The van der Waals surface area contributed by atoms with Crippen molar-refractivity contribution in [2.45, 2.75) is 38.5 Å². The Balaban J connectivity index is 2.33. The van der Waals surface area contributed by atoms with E-state index in [1.165, 1.54) is 0 Å². The first kappa shape index (κ1) is 16.6. The summed E-state index contributed by atoms with van der Waals surface area (Å²) in [6, 6.07) is 9.79. The molecule has 1 aromatic carbocycles. The van der Waals surface area contributed by atoms with Gasteiger partial charge in [0.1, 0.15) is 0 Å². The number of benzene rings is 1. The molecule has 1 amide bonds. The van der Waals surface area contributed by atoms with Crippen molar-refractivity contribution in [1.82, 2.24) is 5.32 Å². The van der Waals surface area contributed by atoms with Crippen LogP contribution in [-0.2, 0) is 9.53 Å². The number of hydrogen-bond acceptors (Lipinski definition) is 4. The summed E-state index contributed by atoms with van der Waals surface area (Å²) < 4.78 is 5.61. The van der Waals surface area contributed by atoms with Gasteiger partial charge in [-0.05, 0) is 26.3 Å². The van der Waals surface area contributed by atoms with Gasteiger partial charge in [-0.25, -0.2) is 0 Å². The molecule has 112 valence electrons. The summed E-state index contributed by atoms with van der Waals surface area (Å²) in [5, 5.41) is 12.8. The fraction of sp³-hybridized carbons (Fsp3) is 0.533. The van der Waals surface area contributed by atoms with Crippen LogP contribution in [-0.4, -0.2) is 35.8 Å². The maximum atomic E-state index is 11.1. The van der Waals surface area contributed by atoms with E-state index in [4.69, 9.17) is 10.5 Å². The number of rotatable bonds is 8. The Morgan fingerprint density at radius 2 is 2.00 bits per heavy atom. The highest BCUT2D eigenvalue weighted by atomic mass is 16.5. The average Bonchev–Trinajstić information content (AvgIpc) is 2.43. The van der Waals surface area contributed by atoms with E-state index < -0.39 is 17.6 Å². The Labute approximate surface area is 120 Å². The van der Waals surface area contributed by atoms with Gasteiger partial charge in [0, 0.05) is 6.54 Å². The van der Waals surface area contributed by atoms with Crippen molar-refractivity contribution in [2.75, 3.05) is 13.2 Å². The standard InChI is InChI=1S/C15H24N2O3/c1-11(12-7-5-4-6-8-12)20-10-13(18)9-17-15(2,3)14(16)19/h4-8,11,13,17-18H,9-10H2,1-3H3,(H2,16,19). The molecule has 0 bridgehead atoms. The number of carbonyl (C=O) groups is 1. The summed E-state index contributed by atoms with van der Waals surface area (Å²) in [7, 11) is 0. The van der Waals surface area contributed by atoms with Crippen LogP contribution < -0.4 is 11.1 Å². The van der Waals surface area contributed by atoms with Gasteiger partial charge in [-0.3, -0.25) is 4.79 Å². The van der Waals surface area contributed by atoms with Crippen molar-refractivity contribution in [2.24, 2.45) is 5.73 Å². The van der Waals surface area contributed by atoms with Crippen LogP contribution in [0.3, 0.4) is 0 Å². The lowest BCUT2D eigenvalue weighted by molar-refractivity contribution is -0.123. The summed E-state index contributed by atoms with van der Waals surface area (Å²) in [6.07, 6.45) is -0.783. The first-order valence-corrected chi connectivity index (χ1v) is 6.72. The van der Waals surface area contributed by atoms with E-state index in [1.807, 2.05) is 37.3 Å². The molecule has 5 nitrogen and oxygen atoms in total. The van der Waals surface area contributed by atoms with Gasteiger partial charge in [-0.2, -0.15) is 0 Å². The fourth-order valence-corrected chi connectivity index (χ4v) is 1.59. The van der Waals surface area contributed by atoms with Crippen LogP contribution in [0, 0.1) is 0 Å². The fourth-order valence-electron chi connectivity index (χ4n) is 1.59. The number of carbonyl (C=O) groups excluding carboxylic acids is 1. The number of primary amides is 1. The predicted molar refractivity (Wildman–Crippen MR) is 78.1 cm³/mol. The van der Waals surface area contributed by atoms with Gasteiger partial charge >= 0.3 is 0 Å². The number of hydrogen-bond donors (Lipinski definition) is 3. The van der Waals surface area contributed by atoms with E-state index >= 15 is 0 Å². The number of nitrogens with one attached hydrogen (secondary N) is 1. The van der Waals surface area contributed by atoms with Crippen molar-refractivity contribution in [3.8, 4) is 0 Å². The van der Waals surface area contributed by atoms with Crippen LogP contribution in [0.4, 0.5) is 0 Å². The molecule has 20 heavy (non-hydrogen) atoms. The van der Waals surface area contributed by atoms with Gasteiger partial charge < -0.3 is 20.9 Å². The third kappa shape index (κ3) is 5.28. The summed E-state index contributed by atoms with van der Waals surface area (Å²) in [5.74, 6) is -0.455. The van der Waals surface area contributed by atoms with Crippen LogP contribution in [0.25, 0.3) is 0 Å². The normalized spacial score (nSPS) is 14.8. The first-order valence-electron chi connectivity index (χ1n) is 6.72. The molecule has 0 spiro atoms. The van der Waals surface area contributed by atoms with Gasteiger partial charge in [0.25, 0.3) is 0 Å². The molecule has 0 aliphatic rings. The Hall–Kier alpha value is -1.43. The maximum absolute atomic E-state index is 11.1. The lowest BCUT2D eigenvalue weighted by Gasteiger charge is -2.24. The van der Waals surface area contributed by atoms with Gasteiger partial charge in [0.05, 0.1) is 24.4 Å². The summed E-state index contributed by atoms with van der Waals surface area (Å²) in [6.45, 7) is 5.73. The van der Waals surface area contributed by atoms with Crippen molar-refractivity contribution >= 4 is 5.91 Å². The minimum absolute atomic E-state index is 0.0880. The first-order chi connectivity index (χ1) is 9.33. The second kappa shape index (κ2) is 7.38. The number of aliphatic hydroxyl groups excluding tert-OH is 1. The van der Waals surface area contributed by atoms with E-state index in [0.29, 0.717) is 0 Å². The van der Waals surface area contributed by atoms with Crippen LogP contribution in [0.1, 0.15) is 32.4 Å². The highest BCUT2D eigenvalue weighted by Crippen LogP contribution is 2.15. The Morgan fingerprint density at radius 1 is 1.40 bits per heavy atom. The zero-order valence-corrected chi connectivity index (χ0v) is 12.3. The molecule has 0 saturated heterocycles. The molecule has 2 atom stereocenters. The molecule has 0 aromatic heterocycles. The highest BCUT2D eigenvalue weighted by Gasteiger charge is 2.24. The van der Waals surface area contributed by atoms with E-state index in [1.54, 1.807) is 13.8 Å². The van der Waals surface area contributed by atoms with E-state index in [2.05, 4.69) is 5.32 Å². The monoisotopic (exact) mass is 280 g/mol. The molecule has 0 aliphatic carbocycles. The highest BCUT2D eigenvalue weighted by molar-refractivity contribution is 5.83. The number of β-amino-alcohol motifs (C(OH)–C–C–N with tert-alkyl or cyclic N) is 1. The van der Waals surface area contributed by atoms with Crippen LogP contribution in [0.2, 0.25) is 0 Å². The number of amides is 1. The Kier molecular flexibility index (Phi) is 6.13. The largest absolute Gasteiger partial charge is 0.389 e. The van der Waals surface area contributed by atoms with Gasteiger partial charge in [-0.1, -0.05) is 30.3 Å². The Morgan fingerprint density at radius 3 is 2.55 bits per heavy atom. The SMILES string of the molecule is CC(OCC(O)CNC(C)(C)C(N)=O)c1ccccc1. The third-order valence-corrected chi connectivity index (χ3v) is 3.20. The second-order valence-electron chi connectivity index (χ2n) is 5.41. The molecule has 0 fully saturated rings. The smallest absolute Gasteiger partial charge is 0.237 e. The van der Waals surface area contributed by atoms with Crippen molar-refractivity contribution in [3.05, 3.63) is 35.9 Å². The third-order valence-electron chi connectivity index (χ3n) is 3.20. The topological polar surface area (TPSA) is 84.6 Å². The lowest BCUT2D eigenvalue weighted by Crippen LogP contribution is -2.53. The van der Waals surface area contributed by atoms with Gasteiger partial charge in [-0.15, -0.1) is 0 Å². The number of ether oxygens (including phenoxy) is 1. The van der Waals surface area contributed by atoms with E-state index in [-0.39, 0.29) is 19.3 Å². The van der Waals surface area contributed by atoms with Crippen molar-refractivity contribution < 1.29 is 14.6 Å². The molecule has 0 radical (unpaired) electrons. The summed E-state index contributed by atoms with van der Waals surface area (Å²) >= 11 is 0. The van der Waals surface area contributed by atoms with Crippen LogP contribution >= 0.6 is 0 Å². The maximum Gasteiger partial charge on any atom is 0.237 e. The quantitative estimate of drug-likeness (QED) is 0.662. The van der Waals surface area contributed by atoms with Gasteiger partial charge in [0.2, 0.25) is 5.91 Å². The molecular formula is C15H24N2O3. The molecule has 1 aromatic rings. The minimum atomic E-state index is -0.841. The molecule has 1 rings (SSSR count). The minimum Gasteiger partial charge on any atom is -0.389 e. The molecule has 2 unspecified atom stereocenters. The van der Waals surface area contributed by atoms with Gasteiger partial charge in [0.15, 0.2) is 0 Å². The number of nitrogens with two attached hydrogens (primary N) is 1. The zero-order chi connectivity index (χ0) is 15.2. The molecule has 4 N–H and O–H groups in total. The molecule has 5 heteroatoms. The summed E-state index contributed by atoms with van der Waals surface area (Å²) in [4.78, 5) is 11.1. The second-order valence-corrected chi connectivity index (χ2v) is 5.41.